The van der Waals surface area contributed by atoms with E-state index in [1.54, 1.807) is 24.3 Å². The van der Waals surface area contributed by atoms with Crippen LogP contribution < -0.4 is 9.64 Å². The third-order valence-corrected chi connectivity index (χ3v) is 7.34. The Kier molecular flexibility index (Phi) is 7.15. The summed E-state index contributed by atoms with van der Waals surface area (Å²) in [5.41, 5.74) is 5.31. The van der Waals surface area contributed by atoms with Crippen molar-refractivity contribution in [3.05, 3.63) is 125 Å². The Labute approximate surface area is 243 Å². The molecule has 6 rings (SSSR count). The minimum absolute atomic E-state index is 0.199. The van der Waals surface area contributed by atoms with Crippen molar-refractivity contribution < 1.29 is 23.1 Å². The second kappa shape index (κ2) is 11.1. The summed E-state index contributed by atoms with van der Waals surface area (Å²) in [5.74, 6) is -1.01. The fourth-order valence-corrected chi connectivity index (χ4v) is 4.93. The van der Waals surface area contributed by atoms with Crippen molar-refractivity contribution in [3.63, 3.8) is 0 Å². The van der Waals surface area contributed by atoms with Crippen LogP contribution in [0.5, 0.6) is 5.75 Å². The lowest BCUT2D eigenvalue weighted by atomic mass is 9.99. The summed E-state index contributed by atoms with van der Waals surface area (Å²) in [6, 6.07) is 28.4. The predicted octanol–water partition coefficient (Wildman–Crippen LogP) is 7.73. The number of amides is 1. The minimum Gasteiger partial charge on any atom is -0.482 e. The van der Waals surface area contributed by atoms with Crippen LogP contribution in [0.3, 0.4) is 0 Å². The van der Waals surface area contributed by atoms with Gasteiger partial charge in [0.2, 0.25) is 0 Å². The van der Waals surface area contributed by atoms with E-state index in [0.29, 0.717) is 34.0 Å². The van der Waals surface area contributed by atoms with Gasteiger partial charge in [-0.05, 0) is 90.0 Å². The molecule has 5 aromatic rings. The highest BCUT2D eigenvalue weighted by Crippen LogP contribution is 2.38. The largest absolute Gasteiger partial charge is 0.482 e. The lowest BCUT2D eigenvalue weighted by Gasteiger charge is -2.29. The number of benzene rings is 4. The van der Waals surface area contributed by atoms with Gasteiger partial charge in [-0.25, -0.2) is 13.8 Å². The maximum atomic E-state index is 13.7. The first-order valence-electron chi connectivity index (χ1n) is 12.7. The maximum Gasteiger partial charge on any atom is 0.265 e. The molecule has 0 saturated carbocycles. The van der Waals surface area contributed by atoms with Crippen molar-refractivity contribution in [2.24, 2.45) is 0 Å². The number of fused-ring (bicyclic) bond motifs is 1. The van der Waals surface area contributed by atoms with E-state index in [-0.39, 0.29) is 30.7 Å². The molecule has 0 spiro atoms. The Bertz CT molecular complexity index is 1710. The molecule has 0 N–H and O–H groups in total. The van der Waals surface area contributed by atoms with Gasteiger partial charge in [0, 0.05) is 21.2 Å². The number of aromatic nitrogens is 1. The Balaban J connectivity index is 1.42. The van der Waals surface area contributed by atoms with Crippen LogP contribution in [0, 0.1) is 11.6 Å². The van der Waals surface area contributed by atoms with E-state index in [1.165, 1.54) is 41.3 Å². The van der Waals surface area contributed by atoms with Crippen molar-refractivity contribution in [2.45, 2.75) is 0 Å². The highest BCUT2D eigenvalue weighted by molar-refractivity contribution is 9.10. The van der Waals surface area contributed by atoms with E-state index in [9.17, 15) is 18.4 Å². The number of halogens is 3. The monoisotopic (exact) mass is 610 g/mol. The van der Waals surface area contributed by atoms with Crippen LogP contribution in [0.15, 0.2) is 108 Å². The molecule has 4 aromatic carbocycles. The standard InChI is InChI=1S/C33H21BrF2N2O3/c34-25-8-1-21(2-9-25)28-15-24(20-3-10-26(35)11-4-20)16-29(37-28)23-7-14-32-30(17-23)38(33(40)19-41-32)18-31(39)22-5-12-27(36)13-6-22/h1-17H,18-19H2. The SMILES string of the molecule is O=C(CN1C(=O)COc2ccc(-c3cc(-c4ccc(F)cc4)cc(-c4ccc(Br)cc4)n3)cc21)c1ccc(F)cc1. The molecule has 0 radical (unpaired) electrons. The summed E-state index contributed by atoms with van der Waals surface area (Å²) in [6.45, 7) is -0.424. The van der Waals surface area contributed by atoms with Gasteiger partial charge in [-0.3, -0.25) is 14.5 Å². The van der Waals surface area contributed by atoms with E-state index in [2.05, 4.69) is 15.9 Å². The molecule has 1 aliphatic heterocycles. The topological polar surface area (TPSA) is 59.5 Å². The van der Waals surface area contributed by atoms with E-state index in [1.807, 2.05) is 42.5 Å². The second-order valence-corrected chi connectivity index (χ2v) is 10.4. The van der Waals surface area contributed by atoms with Crippen molar-refractivity contribution in [1.82, 2.24) is 4.98 Å². The first-order chi connectivity index (χ1) is 19.8. The van der Waals surface area contributed by atoms with Gasteiger partial charge in [-0.15, -0.1) is 0 Å². The third-order valence-electron chi connectivity index (χ3n) is 6.81. The number of carbonyl (C=O) groups is 2. The zero-order valence-electron chi connectivity index (χ0n) is 21.5. The molecule has 41 heavy (non-hydrogen) atoms. The first-order valence-corrected chi connectivity index (χ1v) is 13.5. The summed E-state index contributed by atoms with van der Waals surface area (Å²) in [6.07, 6.45) is 0. The summed E-state index contributed by atoms with van der Waals surface area (Å²) in [4.78, 5) is 32.2. The second-order valence-electron chi connectivity index (χ2n) is 9.52. The number of Topliss-reactive ketones (excluding diaryl/α,β-unsaturated/α-hetero) is 1. The van der Waals surface area contributed by atoms with E-state index in [0.717, 1.165) is 21.2 Å². The van der Waals surface area contributed by atoms with Gasteiger partial charge in [-0.1, -0.05) is 40.2 Å². The average Bonchev–Trinajstić information content (AvgIpc) is 2.99. The van der Waals surface area contributed by atoms with Gasteiger partial charge in [0.25, 0.3) is 5.91 Å². The fourth-order valence-electron chi connectivity index (χ4n) is 4.66. The van der Waals surface area contributed by atoms with Crippen LogP contribution in [0.1, 0.15) is 10.4 Å². The lowest BCUT2D eigenvalue weighted by Crippen LogP contribution is -2.42. The molecule has 5 nitrogen and oxygen atoms in total. The summed E-state index contributed by atoms with van der Waals surface area (Å²) >= 11 is 3.47. The van der Waals surface area contributed by atoms with Gasteiger partial charge in [0.1, 0.15) is 17.4 Å². The number of nitrogens with zero attached hydrogens (tertiary/aromatic N) is 2. The smallest absolute Gasteiger partial charge is 0.265 e. The number of ether oxygens (including phenoxy) is 1. The molecule has 202 valence electrons. The fraction of sp³-hybridized carbons (Fsp3) is 0.0606. The number of hydrogen-bond donors (Lipinski definition) is 0. The van der Waals surface area contributed by atoms with Gasteiger partial charge in [0.05, 0.1) is 23.6 Å². The normalized spacial score (nSPS) is 12.6. The Morgan fingerprint density at radius 1 is 0.756 bits per heavy atom. The molecule has 1 amide bonds. The molecule has 0 bridgehead atoms. The third kappa shape index (κ3) is 5.64. The lowest BCUT2D eigenvalue weighted by molar-refractivity contribution is -0.121. The summed E-state index contributed by atoms with van der Waals surface area (Å²) < 4.78 is 33.6. The van der Waals surface area contributed by atoms with E-state index < -0.39 is 5.82 Å². The van der Waals surface area contributed by atoms with Gasteiger partial charge in [-0.2, -0.15) is 0 Å². The molecule has 2 heterocycles. The zero-order valence-corrected chi connectivity index (χ0v) is 23.1. The predicted molar refractivity (Wildman–Crippen MR) is 157 cm³/mol. The van der Waals surface area contributed by atoms with Crippen LogP contribution >= 0.6 is 15.9 Å². The highest BCUT2D eigenvalue weighted by atomic mass is 79.9. The van der Waals surface area contributed by atoms with Crippen molar-refractivity contribution in [2.75, 3.05) is 18.1 Å². The molecule has 0 saturated heterocycles. The Morgan fingerprint density at radius 2 is 1.34 bits per heavy atom. The maximum absolute atomic E-state index is 13.7. The zero-order chi connectivity index (χ0) is 28.5. The van der Waals surface area contributed by atoms with Crippen LogP contribution in [-0.2, 0) is 4.79 Å². The van der Waals surface area contributed by atoms with Gasteiger partial charge < -0.3 is 4.74 Å². The average molecular weight is 611 g/mol. The van der Waals surface area contributed by atoms with E-state index in [4.69, 9.17) is 9.72 Å². The van der Waals surface area contributed by atoms with Crippen molar-refractivity contribution >= 4 is 33.3 Å². The molecule has 8 heteroatoms. The Morgan fingerprint density at radius 3 is 2.02 bits per heavy atom. The van der Waals surface area contributed by atoms with Crippen molar-refractivity contribution in [3.8, 4) is 39.4 Å². The molecule has 0 aliphatic carbocycles. The molecular weight excluding hydrogens is 590 g/mol. The molecule has 0 fully saturated rings. The van der Waals surface area contributed by atoms with Crippen LogP contribution in [-0.4, -0.2) is 29.8 Å². The Hall–Kier alpha value is -4.69. The number of rotatable bonds is 6. The minimum atomic E-state index is -0.447. The first kappa shape index (κ1) is 26.5. The summed E-state index contributed by atoms with van der Waals surface area (Å²) in [7, 11) is 0. The molecule has 0 unspecified atom stereocenters. The highest BCUT2D eigenvalue weighted by Gasteiger charge is 2.28. The van der Waals surface area contributed by atoms with Gasteiger partial charge >= 0.3 is 0 Å². The van der Waals surface area contributed by atoms with E-state index >= 15 is 0 Å². The molecule has 1 aliphatic rings. The number of hydrogen-bond acceptors (Lipinski definition) is 4. The van der Waals surface area contributed by atoms with Crippen LogP contribution in [0.2, 0.25) is 0 Å². The number of carbonyl (C=O) groups excluding carboxylic acids is 2. The summed E-state index contributed by atoms with van der Waals surface area (Å²) in [5, 5.41) is 0. The molecule has 1 aromatic heterocycles. The van der Waals surface area contributed by atoms with Crippen molar-refractivity contribution in [1.29, 1.82) is 0 Å². The van der Waals surface area contributed by atoms with Crippen LogP contribution in [0.25, 0.3) is 33.6 Å². The number of pyridine rings is 1. The number of anilines is 1. The quantitative estimate of drug-likeness (QED) is 0.185. The van der Waals surface area contributed by atoms with Gasteiger partial charge in [0.15, 0.2) is 12.4 Å². The number of ketones is 1. The molecule has 0 atom stereocenters. The molecular formula is C33H21BrF2N2O3. The van der Waals surface area contributed by atoms with Crippen LogP contribution in [0.4, 0.5) is 14.5 Å².